The number of nitrogens with zero attached hydrogens (tertiary/aromatic N) is 1. The van der Waals surface area contributed by atoms with Crippen molar-refractivity contribution in [3.05, 3.63) is 50.4 Å². The Kier molecular flexibility index (Phi) is 4.31. The van der Waals surface area contributed by atoms with Gasteiger partial charge in [-0.2, -0.15) is 0 Å². The number of rotatable bonds is 4. The molecule has 0 aliphatic rings. The second kappa shape index (κ2) is 5.76. The van der Waals surface area contributed by atoms with Crippen molar-refractivity contribution in [1.29, 1.82) is 0 Å². The van der Waals surface area contributed by atoms with Crippen LogP contribution in [0.25, 0.3) is 0 Å². The van der Waals surface area contributed by atoms with Crippen LogP contribution in [0.4, 0.5) is 0 Å². The first kappa shape index (κ1) is 12.7. The number of hydrogen-bond donors (Lipinski definition) is 1. The fourth-order valence-corrected chi connectivity index (χ4v) is 2.79. The number of likely N-dealkylation sites (N-methyl/N-ethyl adjacent to an activating group) is 1. The molecule has 1 aromatic heterocycles. The molecule has 0 aliphatic heterocycles. The quantitative estimate of drug-likeness (QED) is 0.931. The highest BCUT2D eigenvalue weighted by molar-refractivity contribution is 9.10. The van der Waals surface area contributed by atoms with Crippen LogP contribution in [-0.4, -0.2) is 12.0 Å². The fraction of sp³-hybridized carbons (Fsp3) is 0.308. The summed E-state index contributed by atoms with van der Waals surface area (Å²) in [6.07, 6.45) is 2.93. The van der Waals surface area contributed by atoms with Crippen molar-refractivity contribution < 1.29 is 0 Å². The number of nitrogens with one attached hydrogen (secondary N) is 1. The van der Waals surface area contributed by atoms with E-state index in [1.807, 2.05) is 18.8 Å². The number of hydrogen-bond acceptors (Lipinski definition) is 3. The maximum atomic E-state index is 4.12. The van der Waals surface area contributed by atoms with E-state index in [1.54, 1.807) is 11.3 Å². The van der Waals surface area contributed by atoms with Gasteiger partial charge in [0.25, 0.3) is 0 Å². The van der Waals surface area contributed by atoms with Gasteiger partial charge in [0, 0.05) is 28.0 Å². The molecule has 0 bridgehead atoms. The van der Waals surface area contributed by atoms with Gasteiger partial charge in [-0.3, -0.25) is 4.98 Å². The molecule has 4 heteroatoms. The average molecular weight is 311 g/mol. The molecular formula is C13H15BrN2S. The summed E-state index contributed by atoms with van der Waals surface area (Å²) in [5.41, 5.74) is 4.45. The third kappa shape index (κ3) is 3.15. The lowest BCUT2D eigenvalue weighted by Gasteiger charge is -2.16. The first-order chi connectivity index (χ1) is 8.20. The van der Waals surface area contributed by atoms with Gasteiger partial charge in [-0.15, -0.1) is 11.3 Å². The summed E-state index contributed by atoms with van der Waals surface area (Å²) in [7, 11) is 2.00. The lowest BCUT2D eigenvalue weighted by Crippen LogP contribution is -2.18. The van der Waals surface area contributed by atoms with E-state index in [0.29, 0.717) is 6.04 Å². The summed E-state index contributed by atoms with van der Waals surface area (Å²) < 4.78 is 1.17. The lowest BCUT2D eigenvalue weighted by atomic mass is 10.0. The van der Waals surface area contributed by atoms with Crippen molar-refractivity contribution >= 4 is 27.3 Å². The van der Waals surface area contributed by atoms with E-state index < -0.39 is 0 Å². The van der Waals surface area contributed by atoms with Crippen molar-refractivity contribution in [3.63, 3.8) is 0 Å². The Balaban J connectivity index is 2.20. The molecule has 0 fully saturated rings. The van der Waals surface area contributed by atoms with Gasteiger partial charge < -0.3 is 5.32 Å². The fourth-order valence-electron chi connectivity index (χ4n) is 1.76. The molecule has 17 heavy (non-hydrogen) atoms. The zero-order valence-electron chi connectivity index (χ0n) is 9.90. The summed E-state index contributed by atoms with van der Waals surface area (Å²) in [6, 6.07) is 6.86. The molecule has 1 atom stereocenters. The predicted octanol–water partition coefficient (Wildman–Crippen LogP) is 3.72. The molecule has 0 aliphatic carbocycles. The summed E-state index contributed by atoms with van der Waals surface area (Å²) in [6.45, 7) is 2.10. The van der Waals surface area contributed by atoms with Crippen LogP contribution in [0.3, 0.4) is 0 Å². The van der Waals surface area contributed by atoms with E-state index in [4.69, 9.17) is 0 Å². The molecule has 2 nitrogen and oxygen atoms in total. The van der Waals surface area contributed by atoms with Crippen LogP contribution in [0.15, 0.2) is 34.4 Å². The van der Waals surface area contributed by atoms with Crippen molar-refractivity contribution in [2.45, 2.75) is 19.4 Å². The minimum atomic E-state index is 0.340. The molecule has 0 saturated carbocycles. The zero-order chi connectivity index (χ0) is 12.3. The molecule has 2 aromatic rings. The van der Waals surface area contributed by atoms with E-state index >= 15 is 0 Å². The van der Waals surface area contributed by atoms with E-state index in [0.717, 1.165) is 6.42 Å². The van der Waals surface area contributed by atoms with Crippen molar-refractivity contribution in [2.24, 2.45) is 0 Å². The van der Waals surface area contributed by atoms with Gasteiger partial charge >= 0.3 is 0 Å². The van der Waals surface area contributed by atoms with E-state index in [-0.39, 0.29) is 0 Å². The Hall–Kier alpha value is -0.710. The zero-order valence-corrected chi connectivity index (χ0v) is 12.3. The van der Waals surface area contributed by atoms with Gasteiger partial charge in [-0.05, 0) is 31.2 Å². The third-order valence-electron chi connectivity index (χ3n) is 2.84. The van der Waals surface area contributed by atoms with Crippen molar-refractivity contribution in [3.8, 4) is 0 Å². The van der Waals surface area contributed by atoms with Crippen LogP contribution in [0.2, 0.25) is 0 Å². The Bertz CT molecular complexity index is 482. The molecule has 90 valence electrons. The van der Waals surface area contributed by atoms with Gasteiger partial charge in [0.2, 0.25) is 0 Å². The van der Waals surface area contributed by atoms with Crippen LogP contribution in [0.5, 0.6) is 0 Å². The standard InChI is InChI=1S/C13H15BrN2S/c1-9-3-4-10(5-12(9)14)13(15-2)6-11-7-16-8-17-11/h3-5,7-8,13,15H,6H2,1-2H3. The van der Waals surface area contributed by atoms with Crippen molar-refractivity contribution in [1.82, 2.24) is 10.3 Å². The first-order valence-electron chi connectivity index (χ1n) is 5.51. The van der Waals surface area contributed by atoms with Gasteiger partial charge in [0.15, 0.2) is 0 Å². The molecular weight excluding hydrogens is 296 g/mol. The molecule has 0 radical (unpaired) electrons. The molecule has 1 heterocycles. The van der Waals surface area contributed by atoms with Gasteiger partial charge in [-0.25, -0.2) is 0 Å². The average Bonchev–Trinajstić information content (AvgIpc) is 2.82. The topological polar surface area (TPSA) is 24.9 Å². The first-order valence-corrected chi connectivity index (χ1v) is 7.18. The highest BCUT2D eigenvalue weighted by Gasteiger charge is 2.11. The van der Waals surface area contributed by atoms with E-state index in [2.05, 4.69) is 51.4 Å². The minimum absolute atomic E-state index is 0.340. The molecule has 2 rings (SSSR count). The van der Waals surface area contributed by atoms with Crippen LogP contribution in [-0.2, 0) is 6.42 Å². The highest BCUT2D eigenvalue weighted by atomic mass is 79.9. The number of aromatic nitrogens is 1. The predicted molar refractivity (Wildman–Crippen MR) is 76.5 cm³/mol. The SMILES string of the molecule is CNC(Cc1cncs1)c1ccc(C)c(Br)c1. The molecule has 0 spiro atoms. The van der Waals surface area contributed by atoms with E-state index in [9.17, 15) is 0 Å². The summed E-state index contributed by atoms with van der Waals surface area (Å²) in [5.74, 6) is 0. The Labute approximate surface area is 114 Å². The van der Waals surface area contributed by atoms with Gasteiger partial charge in [0.05, 0.1) is 5.51 Å². The van der Waals surface area contributed by atoms with Gasteiger partial charge in [0.1, 0.15) is 0 Å². The smallest absolute Gasteiger partial charge is 0.0794 e. The summed E-state index contributed by atoms with van der Waals surface area (Å²) in [4.78, 5) is 5.42. The van der Waals surface area contributed by atoms with E-state index in [1.165, 1.54) is 20.5 Å². The summed E-state index contributed by atoms with van der Waals surface area (Å²) in [5, 5.41) is 3.36. The lowest BCUT2D eigenvalue weighted by molar-refractivity contribution is 0.595. The Morgan fingerprint density at radius 1 is 1.47 bits per heavy atom. The highest BCUT2D eigenvalue weighted by Crippen LogP contribution is 2.25. The van der Waals surface area contributed by atoms with Crippen LogP contribution in [0, 0.1) is 6.92 Å². The maximum Gasteiger partial charge on any atom is 0.0794 e. The molecule has 1 N–H and O–H groups in total. The second-order valence-electron chi connectivity index (χ2n) is 4.02. The number of thiazole rings is 1. The molecule has 0 saturated heterocycles. The maximum absolute atomic E-state index is 4.12. The Morgan fingerprint density at radius 2 is 2.29 bits per heavy atom. The van der Waals surface area contributed by atoms with Crippen LogP contribution in [0.1, 0.15) is 22.0 Å². The van der Waals surface area contributed by atoms with Crippen LogP contribution >= 0.6 is 27.3 Å². The largest absolute Gasteiger partial charge is 0.313 e. The third-order valence-corrected chi connectivity index (χ3v) is 4.49. The van der Waals surface area contributed by atoms with Gasteiger partial charge in [-0.1, -0.05) is 28.1 Å². The normalized spacial score (nSPS) is 12.6. The van der Waals surface area contributed by atoms with Crippen molar-refractivity contribution in [2.75, 3.05) is 7.05 Å². The Morgan fingerprint density at radius 3 is 2.88 bits per heavy atom. The van der Waals surface area contributed by atoms with Crippen LogP contribution < -0.4 is 5.32 Å². The molecule has 1 aromatic carbocycles. The number of halogens is 1. The minimum Gasteiger partial charge on any atom is -0.313 e. The number of benzene rings is 1. The monoisotopic (exact) mass is 310 g/mol. The molecule has 1 unspecified atom stereocenters. The summed E-state index contributed by atoms with van der Waals surface area (Å²) >= 11 is 5.29. The number of aryl methyl sites for hydroxylation is 1. The second-order valence-corrected chi connectivity index (χ2v) is 5.85. The molecule has 0 amide bonds.